The molecule has 0 saturated carbocycles. The second-order valence-corrected chi connectivity index (χ2v) is 6.65. The van der Waals surface area contributed by atoms with E-state index < -0.39 is 6.04 Å². The number of benzene rings is 2. The van der Waals surface area contributed by atoms with Gasteiger partial charge in [0.05, 0.1) is 0 Å². The summed E-state index contributed by atoms with van der Waals surface area (Å²) in [5, 5.41) is 5.45. The zero-order valence-electron chi connectivity index (χ0n) is 16.8. The summed E-state index contributed by atoms with van der Waals surface area (Å²) >= 11 is 0. The molecule has 6 nitrogen and oxygen atoms in total. The van der Waals surface area contributed by atoms with Crippen molar-refractivity contribution in [2.75, 3.05) is 20.1 Å². The Hall–Kier alpha value is -3.02. The largest absolute Gasteiger partial charge is 0.489 e. The topological polar surface area (TPSA) is 70.7 Å². The Morgan fingerprint density at radius 1 is 1.07 bits per heavy atom. The highest BCUT2D eigenvalue weighted by molar-refractivity contribution is 5.86. The maximum Gasteiger partial charge on any atom is 0.315 e. The summed E-state index contributed by atoms with van der Waals surface area (Å²) in [5.41, 5.74) is 2.18. The molecule has 0 saturated heterocycles. The van der Waals surface area contributed by atoms with Crippen LogP contribution in [0.1, 0.15) is 25.0 Å². The van der Waals surface area contributed by atoms with Crippen LogP contribution in [0.3, 0.4) is 0 Å². The molecular formula is C22H29N3O3. The standard InChI is InChI=1S/C22H29N3O3/c1-4-25(3)21(26)17(2)24-22(27)23-14-13-18-11-8-12-20(15-18)28-16-19-9-6-5-7-10-19/h5-12,15,17H,4,13-14,16H2,1-3H3,(H2,23,24,27)/t17-/m1/s1. The maximum absolute atomic E-state index is 12.0. The molecular weight excluding hydrogens is 354 g/mol. The van der Waals surface area contributed by atoms with Crippen molar-refractivity contribution in [1.82, 2.24) is 15.5 Å². The van der Waals surface area contributed by atoms with Crippen molar-refractivity contribution in [3.05, 3.63) is 65.7 Å². The minimum absolute atomic E-state index is 0.110. The second-order valence-electron chi connectivity index (χ2n) is 6.65. The van der Waals surface area contributed by atoms with E-state index in [0.29, 0.717) is 26.1 Å². The van der Waals surface area contributed by atoms with Crippen LogP contribution in [0.25, 0.3) is 0 Å². The van der Waals surface area contributed by atoms with Crippen molar-refractivity contribution in [3.63, 3.8) is 0 Å². The Kier molecular flexibility index (Phi) is 8.34. The first kappa shape index (κ1) is 21.3. The quantitative estimate of drug-likeness (QED) is 0.699. The molecule has 0 fully saturated rings. The van der Waals surface area contributed by atoms with Crippen molar-refractivity contribution in [2.45, 2.75) is 32.9 Å². The molecule has 0 unspecified atom stereocenters. The van der Waals surface area contributed by atoms with Crippen LogP contribution in [0.2, 0.25) is 0 Å². The fourth-order valence-corrected chi connectivity index (χ4v) is 2.65. The Morgan fingerprint density at radius 3 is 2.50 bits per heavy atom. The van der Waals surface area contributed by atoms with Gasteiger partial charge < -0.3 is 20.3 Å². The summed E-state index contributed by atoms with van der Waals surface area (Å²) < 4.78 is 5.83. The predicted molar refractivity (Wildman–Crippen MR) is 110 cm³/mol. The second kappa shape index (κ2) is 11.0. The molecule has 2 aromatic rings. The third kappa shape index (κ3) is 6.95. The highest BCUT2D eigenvalue weighted by Crippen LogP contribution is 2.15. The van der Waals surface area contributed by atoms with Crippen molar-refractivity contribution in [2.24, 2.45) is 0 Å². The number of carbonyl (C=O) groups is 2. The van der Waals surface area contributed by atoms with E-state index in [9.17, 15) is 9.59 Å². The lowest BCUT2D eigenvalue weighted by Gasteiger charge is -2.20. The summed E-state index contributed by atoms with van der Waals surface area (Å²) in [6, 6.07) is 16.9. The van der Waals surface area contributed by atoms with Gasteiger partial charge in [0.25, 0.3) is 0 Å². The SMILES string of the molecule is CCN(C)C(=O)[C@@H](C)NC(=O)NCCc1cccc(OCc2ccccc2)c1. The molecule has 28 heavy (non-hydrogen) atoms. The van der Waals surface area contributed by atoms with E-state index in [4.69, 9.17) is 4.74 Å². The van der Waals surface area contributed by atoms with E-state index in [2.05, 4.69) is 10.6 Å². The summed E-state index contributed by atoms with van der Waals surface area (Å²) in [6.07, 6.45) is 0.674. The van der Waals surface area contributed by atoms with Crippen LogP contribution in [-0.4, -0.2) is 43.0 Å². The van der Waals surface area contributed by atoms with Crippen LogP contribution >= 0.6 is 0 Å². The number of rotatable bonds is 9. The van der Waals surface area contributed by atoms with Crippen LogP contribution < -0.4 is 15.4 Å². The number of carbonyl (C=O) groups excluding carboxylic acids is 2. The molecule has 0 radical (unpaired) electrons. The Bertz CT molecular complexity index is 765. The normalized spacial score (nSPS) is 11.4. The van der Waals surface area contributed by atoms with E-state index in [0.717, 1.165) is 16.9 Å². The van der Waals surface area contributed by atoms with Gasteiger partial charge in [-0.2, -0.15) is 0 Å². The van der Waals surface area contributed by atoms with Crippen LogP contribution in [0.15, 0.2) is 54.6 Å². The zero-order chi connectivity index (χ0) is 20.4. The van der Waals surface area contributed by atoms with Crippen LogP contribution in [0, 0.1) is 0 Å². The number of amides is 3. The maximum atomic E-state index is 12.0. The number of urea groups is 1. The molecule has 0 aliphatic rings. The van der Waals surface area contributed by atoms with E-state index in [-0.39, 0.29) is 11.9 Å². The van der Waals surface area contributed by atoms with Gasteiger partial charge in [0, 0.05) is 20.1 Å². The lowest BCUT2D eigenvalue weighted by atomic mass is 10.1. The van der Waals surface area contributed by atoms with E-state index in [1.54, 1.807) is 18.9 Å². The smallest absolute Gasteiger partial charge is 0.315 e. The number of nitrogens with zero attached hydrogens (tertiary/aromatic N) is 1. The van der Waals surface area contributed by atoms with Gasteiger partial charge in [-0.3, -0.25) is 4.79 Å². The van der Waals surface area contributed by atoms with Gasteiger partial charge in [0.2, 0.25) is 5.91 Å². The summed E-state index contributed by atoms with van der Waals surface area (Å²) in [7, 11) is 1.71. The molecule has 2 N–H and O–H groups in total. The van der Waals surface area contributed by atoms with Crippen LogP contribution in [-0.2, 0) is 17.8 Å². The highest BCUT2D eigenvalue weighted by atomic mass is 16.5. The molecule has 0 aromatic heterocycles. The molecule has 1 atom stereocenters. The molecule has 2 rings (SSSR count). The van der Waals surface area contributed by atoms with E-state index >= 15 is 0 Å². The minimum Gasteiger partial charge on any atom is -0.489 e. The minimum atomic E-state index is -0.556. The Labute approximate surface area is 166 Å². The summed E-state index contributed by atoms with van der Waals surface area (Å²) in [5.74, 6) is 0.688. The number of hydrogen-bond donors (Lipinski definition) is 2. The van der Waals surface area contributed by atoms with Crippen molar-refractivity contribution in [3.8, 4) is 5.75 Å². The number of hydrogen-bond acceptors (Lipinski definition) is 3. The van der Waals surface area contributed by atoms with Gasteiger partial charge in [0.1, 0.15) is 18.4 Å². The van der Waals surface area contributed by atoms with E-state index in [1.807, 2.05) is 61.5 Å². The molecule has 0 aliphatic carbocycles. The fraction of sp³-hybridized carbons (Fsp3) is 0.364. The fourth-order valence-electron chi connectivity index (χ4n) is 2.65. The Morgan fingerprint density at radius 2 is 1.79 bits per heavy atom. The van der Waals surface area contributed by atoms with Gasteiger partial charge >= 0.3 is 6.03 Å². The molecule has 6 heteroatoms. The molecule has 3 amide bonds. The van der Waals surface area contributed by atoms with Crippen LogP contribution in [0.5, 0.6) is 5.75 Å². The van der Waals surface area contributed by atoms with Crippen molar-refractivity contribution >= 4 is 11.9 Å². The monoisotopic (exact) mass is 383 g/mol. The Balaban J connectivity index is 1.75. The predicted octanol–water partition coefficient (Wildman–Crippen LogP) is 2.97. The summed E-state index contributed by atoms with van der Waals surface area (Å²) in [4.78, 5) is 25.5. The zero-order valence-corrected chi connectivity index (χ0v) is 16.8. The van der Waals surface area contributed by atoms with Crippen LogP contribution in [0.4, 0.5) is 4.79 Å². The van der Waals surface area contributed by atoms with E-state index in [1.165, 1.54) is 0 Å². The van der Waals surface area contributed by atoms with Gasteiger partial charge in [-0.05, 0) is 43.5 Å². The average Bonchev–Trinajstić information content (AvgIpc) is 2.72. The summed E-state index contributed by atoms with van der Waals surface area (Å²) in [6.45, 7) is 5.17. The number of nitrogens with one attached hydrogen (secondary N) is 2. The molecule has 0 spiro atoms. The molecule has 2 aromatic carbocycles. The van der Waals surface area contributed by atoms with Gasteiger partial charge in [0.15, 0.2) is 0 Å². The first-order valence-electron chi connectivity index (χ1n) is 9.54. The highest BCUT2D eigenvalue weighted by Gasteiger charge is 2.17. The molecule has 150 valence electrons. The van der Waals surface area contributed by atoms with Gasteiger partial charge in [-0.15, -0.1) is 0 Å². The van der Waals surface area contributed by atoms with Gasteiger partial charge in [-0.25, -0.2) is 4.79 Å². The average molecular weight is 383 g/mol. The number of likely N-dealkylation sites (N-methyl/N-ethyl adjacent to an activating group) is 1. The first-order valence-corrected chi connectivity index (χ1v) is 9.54. The first-order chi connectivity index (χ1) is 13.5. The third-order valence-corrected chi connectivity index (χ3v) is 4.41. The molecule has 0 heterocycles. The lowest BCUT2D eigenvalue weighted by molar-refractivity contribution is -0.131. The number of ether oxygens (including phenoxy) is 1. The third-order valence-electron chi connectivity index (χ3n) is 4.41. The molecule has 0 aliphatic heterocycles. The van der Waals surface area contributed by atoms with Crippen molar-refractivity contribution in [1.29, 1.82) is 0 Å². The van der Waals surface area contributed by atoms with Gasteiger partial charge in [-0.1, -0.05) is 42.5 Å². The molecule has 0 bridgehead atoms. The van der Waals surface area contributed by atoms with Crippen molar-refractivity contribution < 1.29 is 14.3 Å². The lowest BCUT2D eigenvalue weighted by Crippen LogP contribution is -2.49.